The van der Waals surface area contributed by atoms with Crippen molar-refractivity contribution in [2.45, 2.75) is 13.5 Å². The Morgan fingerprint density at radius 2 is 2.56 bits per heavy atom. The van der Waals surface area contributed by atoms with Crippen molar-refractivity contribution < 1.29 is 0 Å². The summed E-state index contributed by atoms with van der Waals surface area (Å²) in [5, 5.41) is 0. The molecule has 0 atom stereocenters. The van der Waals surface area contributed by atoms with Gasteiger partial charge in [0.15, 0.2) is 0 Å². The Morgan fingerprint density at radius 3 is 3.00 bits per heavy atom. The molecule has 9 heavy (non-hydrogen) atoms. The highest BCUT2D eigenvalue weighted by atomic mass is 16.1. The minimum atomic E-state index is 0.0382. The molecule has 1 rings (SSSR count). The quantitative estimate of drug-likeness (QED) is 0.536. The van der Waals surface area contributed by atoms with Crippen LogP contribution in [0.1, 0.15) is 6.92 Å². The van der Waals surface area contributed by atoms with E-state index in [-0.39, 0.29) is 5.56 Å². The second-order valence-corrected chi connectivity index (χ2v) is 1.75. The first-order valence-corrected chi connectivity index (χ1v) is 2.91. The lowest BCUT2D eigenvalue weighted by atomic mass is 10.5. The van der Waals surface area contributed by atoms with Gasteiger partial charge in [-0.2, -0.15) is 0 Å². The van der Waals surface area contributed by atoms with Crippen LogP contribution in [0.15, 0.2) is 23.1 Å². The number of hydrogen-bond donors (Lipinski definition) is 0. The van der Waals surface area contributed by atoms with Crippen LogP contribution in [0.4, 0.5) is 0 Å². The van der Waals surface area contributed by atoms with Gasteiger partial charge in [0.25, 0.3) is 5.56 Å². The highest BCUT2D eigenvalue weighted by Crippen LogP contribution is 1.77. The molecule has 0 aliphatic carbocycles. The third kappa shape index (κ3) is 1.19. The van der Waals surface area contributed by atoms with Crippen LogP contribution in [0.2, 0.25) is 0 Å². The molecule has 1 aromatic heterocycles. The van der Waals surface area contributed by atoms with Crippen molar-refractivity contribution in [3.63, 3.8) is 0 Å². The predicted molar refractivity (Wildman–Crippen MR) is 35.2 cm³/mol. The summed E-state index contributed by atoms with van der Waals surface area (Å²) in [5.41, 5.74) is 0.0382. The van der Waals surface area contributed by atoms with Gasteiger partial charge in [-0.1, -0.05) is 0 Å². The van der Waals surface area contributed by atoms with Crippen molar-refractivity contribution in [1.29, 1.82) is 0 Å². The number of aromatic nitrogens is 1. The molecule has 0 bridgehead atoms. The van der Waals surface area contributed by atoms with Crippen molar-refractivity contribution in [3.05, 3.63) is 34.7 Å². The lowest BCUT2D eigenvalue weighted by Crippen LogP contribution is -2.15. The van der Waals surface area contributed by atoms with Crippen LogP contribution in [-0.2, 0) is 6.54 Å². The standard InChI is InChI=1S/C7H8NO/c1-2-8-6-4-3-5-7(8)9/h3,5-6H,2H2,1H3. The van der Waals surface area contributed by atoms with Gasteiger partial charge >= 0.3 is 0 Å². The third-order valence-corrected chi connectivity index (χ3v) is 1.18. The summed E-state index contributed by atoms with van der Waals surface area (Å²) in [7, 11) is 0. The number of aryl methyl sites for hydroxylation is 1. The second kappa shape index (κ2) is 2.49. The highest BCUT2D eigenvalue weighted by Gasteiger charge is 1.85. The van der Waals surface area contributed by atoms with E-state index in [0.29, 0.717) is 0 Å². The molecule has 0 spiro atoms. The summed E-state index contributed by atoms with van der Waals surface area (Å²) in [6, 6.07) is 5.94. The van der Waals surface area contributed by atoms with Gasteiger partial charge in [0.2, 0.25) is 0 Å². The van der Waals surface area contributed by atoms with Crippen molar-refractivity contribution >= 4 is 0 Å². The zero-order valence-corrected chi connectivity index (χ0v) is 5.29. The fourth-order valence-electron chi connectivity index (χ4n) is 0.659. The molecule has 0 saturated heterocycles. The Bertz CT molecular complexity index is 239. The maximum Gasteiger partial charge on any atom is 0.250 e. The van der Waals surface area contributed by atoms with Gasteiger partial charge in [-0.25, -0.2) is 0 Å². The summed E-state index contributed by atoms with van der Waals surface area (Å²) in [4.78, 5) is 10.8. The molecule has 2 nitrogen and oxygen atoms in total. The summed E-state index contributed by atoms with van der Waals surface area (Å²) < 4.78 is 1.60. The Labute approximate surface area is 53.8 Å². The number of hydrogen-bond acceptors (Lipinski definition) is 1. The number of rotatable bonds is 1. The van der Waals surface area contributed by atoms with Gasteiger partial charge in [-0.05, 0) is 19.1 Å². The fourth-order valence-corrected chi connectivity index (χ4v) is 0.659. The Balaban J connectivity index is 3.16. The lowest BCUT2D eigenvalue weighted by Gasteiger charge is -1.95. The average molecular weight is 122 g/mol. The normalized spacial score (nSPS) is 9.44. The highest BCUT2D eigenvalue weighted by molar-refractivity contribution is 4.90. The molecule has 47 valence electrons. The molecule has 0 saturated carbocycles. The molecule has 0 unspecified atom stereocenters. The van der Waals surface area contributed by atoms with E-state index in [1.807, 2.05) is 6.92 Å². The van der Waals surface area contributed by atoms with E-state index in [2.05, 4.69) is 6.07 Å². The van der Waals surface area contributed by atoms with Gasteiger partial charge in [0.1, 0.15) is 0 Å². The van der Waals surface area contributed by atoms with E-state index in [1.165, 1.54) is 6.07 Å². The van der Waals surface area contributed by atoms with Gasteiger partial charge in [-0.15, -0.1) is 0 Å². The van der Waals surface area contributed by atoms with E-state index < -0.39 is 0 Å². The van der Waals surface area contributed by atoms with E-state index in [9.17, 15) is 4.79 Å². The molecule has 0 fully saturated rings. The van der Waals surface area contributed by atoms with Gasteiger partial charge in [0, 0.05) is 18.8 Å². The second-order valence-electron chi connectivity index (χ2n) is 1.75. The van der Waals surface area contributed by atoms with Crippen LogP contribution in [0.5, 0.6) is 0 Å². The zero-order valence-electron chi connectivity index (χ0n) is 5.29. The van der Waals surface area contributed by atoms with E-state index in [0.717, 1.165) is 6.54 Å². The molecule has 0 amide bonds. The van der Waals surface area contributed by atoms with Crippen LogP contribution in [0.25, 0.3) is 0 Å². The van der Waals surface area contributed by atoms with Crippen molar-refractivity contribution in [1.82, 2.24) is 4.57 Å². The summed E-state index contributed by atoms with van der Waals surface area (Å²) >= 11 is 0. The maximum absolute atomic E-state index is 10.8. The minimum Gasteiger partial charge on any atom is -0.315 e. The van der Waals surface area contributed by atoms with E-state index >= 15 is 0 Å². The van der Waals surface area contributed by atoms with Gasteiger partial charge < -0.3 is 4.57 Å². The van der Waals surface area contributed by atoms with Crippen LogP contribution < -0.4 is 5.56 Å². The zero-order chi connectivity index (χ0) is 6.69. The minimum absolute atomic E-state index is 0.0382. The largest absolute Gasteiger partial charge is 0.315 e. The van der Waals surface area contributed by atoms with Crippen LogP contribution in [0, 0.1) is 6.07 Å². The first-order chi connectivity index (χ1) is 4.34. The van der Waals surface area contributed by atoms with Crippen molar-refractivity contribution in [2.75, 3.05) is 0 Å². The van der Waals surface area contributed by atoms with E-state index in [1.54, 1.807) is 16.8 Å². The van der Waals surface area contributed by atoms with Crippen molar-refractivity contribution in [3.8, 4) is 0 Å². The van der Waals surface area contributed by atoms with Gasteiger partial charge in [0.05, 0.1) is 0 Å². The number of nitrogens with zero attached hydrogens (tertiary/aromatic N) is 1. The average Bonchev–Trinajstić information content (AvgIpc) is 1.89. The molecule has 2 heteroatoms. The lowest BCUT2D eigenvalue weighted by molar-refractivity contribution is 0.726. The van der Waals surface area contributed by atoms with Crippen molar-refractivity contribution in [2.24, 2.45) is 0 Å². The Morgan fingerprint density at radius 1 is 1.78 bits per heavy atom. The molecule has 0 aliphatic heterocycles. The topological polar surface area (TPSA) is 22.0 Å². The monoisotopic (exact) mass is 122 g/mol. The third-order valence-electron chi connectivity index (χ3n) is 1.18. The molecular formula is C7H8NO. The maximum atomic E-state index is 10.8. The molecule has 1 heterocycles. The molecule has 0 aliphatic rings. The summed E-state index contributed by atoms with van der Waals surface area (Å²) in [6.45, 7) is 2.64. The molecule has 1 aromatic rings. The SMILES string of the molecule is CCn1c[c]ccc1=O. The molecule has 1 radical (unpaired) electrons. The van der Waals surface area contributed by atoms with Crippen LogP contribution in [-0.4, -0.2) is 4.57 Å². The molecule has 0 N–H and O–H groups in total. The van der Waals surface area contributed by atoms with Crippen LogP contribution in [0.3, 0.4) is 0 Å². The summed E-state index contributed by atoms with van der Waals surface area (Å²) in [6.07, 6.45) is 1.66. The first-order valence-electron chi connectivity index (χ1n) is 2.91. The predicted octanol–water partition coefficient (Wildman–Crippen LogP) is 0.668. The molecular weight excluding hydrogens is 114 g/mol. The van der Waals surface area contributed by atoms with Gasteiger partial charge in [-0.3, -0.25) is 4.79 Å². The van der Waals surface area contributed by atoms with Crippen LogP contribution >= 0.6 is 0 Å². The number of pyridine rings is 1. The Hall–Kier alpha value is -1.05. The fraction of sp³-hybridized carbons (Fsp3) is 0.286. The molecule has 0 aromatic carbocycles. The summed E-state index contributed by atoms with van der Waals surface area (Å²) in [5.74, 6) is 0. The van der Waals surface area contributed by atoms with E-state index in [4.69, 9.17) is 0 Å². The first kappa shape index (κ1) is 6.08. The Kier molecular flexibility index (Phi) is 1.68. The smallest absolute Gasteiger partial charge is 0.250 e.